The Morgan fingerprint density at radius 2 is 1.84 bits per heavy atom. The minimum atomic E-state index is 0.572. The van der Waals surface area contributed by atoms with E-state index in [1.54, 1.807) is 11.8 Å². The molecule has 1 saturated carbocycles. The van der Waals surface area contributed by atoms with Gasteiger partial charge in [-0.3, -0.25) is 9.38 Å². The van der Waals surface area contributed by atoms with Crippen LogP contribution in [0.15, 0.2) is 64.9 Å². The smallest absolute Gasteiger partial charge is 0.211 e. The van der Waals surface area contributed by atoms with Gasteiger partial charge >= 0.3 is 0 Å². The van der Waals surface area contributed by atoms with Gasteiger partial charge in [-0.1, -0.05) is 49.7 Å². The first kappa shape index (κ1) is 19.1. The summed E-state index contributed by atoms with van der Waals surface area (Å²) < 4.78 is 2.17. The number of nitrogens with zero attached hydrogens (tertiary/aromatic N) is 5. The minimum absolute atomic E-state index is 0.572. The molecular formula is C25H27N5S. The van der Waals surface area contributed by atoms with E-state index in [-0.39, 0.29) is 0 Å². The topological polar surface area (TPSA) is 46.3 Å². The van der Waals surface area contributed by atoms with E-state index >= 15 is 0 Å². The maximum atomic E-state index is 4.93. The average molecular weight is 430 g/mol. The van der Waals surface area contributed by atoms with E-state index in [2.05, 4.69) is 51.7 Å². The predicted molar refractivity (Wildman–Crippen MR) is 126 cm³/mol. The third-order valence-electron chi connectivity index (χ3n) is 7.60. The molecule has 4 heterocycles. The zero-order valence-corrected chi connectivity index (χ0v) is 18.7. The Balaban J connectivity index is 1.31. The summed E-state index contributed by atoms with van der Waals surface area (Å²) in [5.74, 6) is 1.89. The number of anilines is 1. The Hall–Kier alpha value is -2.60. The first-order chi connectivity index (χ1) is 15.2. The Morgan fingerprint density at radius 1 is 0.968 bits per heavy atom. The molecule has 5 nitrogen and oxygen atoms in total. The molecule has 0 bridgehead atoms. The van der Waals surface area contributed by atoms with Crippen LogP contribution in [0.4, 0.5) is 5.95 Å². The van der Waals surface area contributed by atoms with Gasteiger partial charge in [-0.05, 0) is 42.7 Å². The first-order valence-electron chi connectivity index (χ1n) is 11.3. The first-order valence-corrected chi connectivity index (χ1v) is 12.1. The lowest BCUT2D eigenvalue weighted by Crippen LogP contribution is -2.42. The fraction of sp³-hybridized carbons (Fsp3) is 0.400. The number of aromatic nitrogens is 4. The molecule has 1 aliphatic heterocycles. The molecule has 0 radical (unpaired) electrons. The molecule has 0 N–H and O–H groups in total. The predicted octanol–water partition coefficient (Wildman–Crippen LogP) is 5.84. The minimum Gasteiger partial charge on any atom is -0.342 e. The maximum Gasteiger partial charge on any atom is 0.211 e. The van der Waals surface area contributed by atoms with Crippen LogP contribution < -0.4 is 4.90 Å². The molecule has 0 unspecified atom stereocenters. The second-order valence-electron chi connectivity index (χ2n) is 9.11. The maximum absolute atomic E-state index is 4.93. The van der Waals surface area contributed by atoms with Crippen LogP contribution in [0.1, 0.15) is 39.0 Å². The van der Waals surface area contributed by atoms with E-state index in [1.807, 2.05) is 24.7 Å². The van der Waals surface area contributed by atoms with Crippen LogP contribution in [0.5, 0.6) is 0 Å². The van der Waals surface area contributed by atoms with Crippen molar-refractivity contribution >= 4 is 34.3 Å². The number of fused-ring (bicyclic) bond motifs is 2. The van der Waals surface area contributed by atoms with Crippen LogP contribution in [0.2, 0.25) is 0 Å². The van der Waals surface area contributed by atoms with Crippen LogP contribution in [-0.2, 0) is 0 Å². The van der Waals surface area contributed by atoms with E-state index in [0.717, 1.165) is 46.4 Å². The Bertz CT molecular complexity index is 1240. The summed E-state index contributed by atoms with van der Waals surface area (Å²) in [7, 11) is 0. The van der Waals surface area contributed by atoms with Gasteiger partial charge in [-0.15, -0.1) is 0 Å². The molecule has 6 heteroatoms. The van der Waals surface area contributed by atoms with Gasteiger partial charge in [-0.25, -0.2) is 9.97 Å². The molecule has 1 aromatic carbocycles. The monoisotopic (exact) mass is 429 g/mol. The van der Waals surface area contributed by atoms with Crippen molar-refractivity contribution in [3.05, 3.63) is 55.1 Å². The van der Waals surface area contributed by atoms with Gasteiger partial charge in [0.15, 0.2) is 5.65 Å². The zero-order valence-electron chi connectivity index (χ0n) is 17.9. The number of pyridine rings is 1. The number of piperidine rings is 1. The number of imidazole rings is 1. The van der Waals surface area contributed by atoms with E-state index in [0.29, 0.717) is 5.41 Å². The van der Waals surface area contributed by atoms with Crippen molar-refractivity contribution in [2.75, 3.05) is 18.0 Å². The van der Waals surface area contributed by atoms with Crippen LogP contribution in [0.25, 0.3) is 16.6 Å². The lowest BCUT2D eigenvalue weighted by molar-refractivity contribution is 0.161. The molecule has 1 aliphatic carbocycles. The Morgan fingerprint density at radius 3 is 2.68 bits per heavy atom. The lowest BCUT2D eigenvalue weighted by Gasteiger charge is -2.42. The molecule has 6 rings (SSSR count). The summed E-state index contributed by atoms with van der Waals surface area (Å²) in [5, 5.41) is 1.16. The van der Waals surface area contributed by atoms with E-state index in [1.165, 1.54) is 37.0 Å². The van der Waals surface area contributed by atoms with Crippen molar-refractivity contribution in [1.29, 1.82) is 0 Å². The SMILES string of the molecule is C[C@@H]1CCCC12CCN(c1ncc(Sc3ccnc4ccccc34)c3nccn13)CC2. The molecule has 3 aromatic heterocycles. The van der Waals surface area contributed by atoms with Crippen molar-refractivity contribution in [1.82, 2.24) is 19.4 Å². The largest absolute Gasteiger partial charge is 0.342 e. The third kappa shape index (κ3) is 3.19. The number of hydrogen-bond donors (Lipinski definition) is 0. The second kappa shape index (κ2) is 7.52. The van der Waals surface area contributed by atoms with Crippen LogP contribution in [0, 0.1) is 11.3 Å². The normalized spacial score (nSPS) is 20.8. The summed E-state index contributed by atoms with van der Waals surface area (Å²) in [6, 6.07) is 10.4. The van der Waals surface area contributed by atoms with Crippen molar-refractivity contribution < 1.29 is 0 Å². The molecule has 4 aromatic rings. The van der Waals surface area contributed by atoms with E-state index in [9.17, 15) is 0 Å². The highest BCUT2D eigenvalue weighted by atomic mass is 32.2. The van der Waals surface area contributed by atoms with Crippen LogP contribution in [0.3, 0.4) is 0 Å². The van der Waals surface area contributed by atoms with Gasteiger partial charge in [0.1, 0.15) is 0 Å². The molecule has 2 fully saturated rings. The van der Waals surface area contributed by atoms with Crippen LogP contribution >= 0.6 is 11.8 Å². The molecule has 31 heavy (non-hydrogen) atoms. The van der Waals surface area contributed by atoms with E-state index < -0.39 is 0 Å². The summed E-state index contributed by atoms with van der Waals surface area (Å²) in [6.07, 6.45) is 14.6. The van der Waals surface area contributed by atoms with Crippen molar-refractivity contribution in [2.24, 2.45) is 11.3 Å². The molecule has 1 saturated heterocycles. The third-order valence-corrected chi connectivity index (χ3v) is 8.69. The highest BCUT2D eigenvalue weighted by molar-refractivity contribution is 7.99. The Labute approximate surface area is 186 Å². The molecule has 158 valence electrons. The molecule has 2 aliphatic rings. The van der Waals surface area contributed by atoms with Crippen LogP contribution in [-0.4, -0.2) is 32.4 Å². The number of hydrogen-bond acceptors (Lipinski definition) is 5. The summed E-state index contributed by atoms with van der Waals surface area (Å²) in [5.41, 5.74) is 2.56. The summed E-state index contributed by atoms with van der Waals surface area (Å²) in [6.45, 7) is 4.64. The van der Waals surface area contributed by atoms with Gasteiger partial charge < -0.3 is 4.90 Å². The van der Waals surface area contributed by atoms with Crippen molar-refractivity contribution in [3.8, 4) is 0 Å². The highest BCUT2D eigenvalue weighted by Crippen LogP contribution is 2.50. The van der Waals surface area contributed by atoms with E-state index in [4.69, 9.17) is 9.97 Å². The van der Waals surface area contributed by atoms with Crippen molar-refractivity contribution in [2.45, 2.75) is 48.8 Å². The van der Waals surface area contributed by atoms with Gasteiger partial charge in [0.05, 0.1) is 10.4 Å². The quantitative estimate of drug-likeness (QED) is 0.410. The van der Waals surface area contributed by atoms with Gasteiger partial charge in [0, 0.05) is 48.2 Å². The molecule has 1 spiro atoms. The van der Waals surface area contributed by atoms with Crippen molar-refractivity contribution in [3.63, 3.8) is 0 Å². The molecular weight excluding hydrogens is 402 g/mol. The fourth-order valence-electron chi connectivity index (χ4n) is 5.67. The highest BCUT2D eigenvalue weighted by Gasteiger charge is 2.42. The zero-order chi connectivity index (χ0) is 20.8. The summed E-state index contributed by atoms with van der Waals surface area (Å²) >= 11 is 1.72. The van der Waals surface area contributed by atoms with Gasteiger partial charge in [0.2, 0.25) is 5.95 Å². The molecule has 0 amide bonds. The fourth-order valence-corrected chi connectivity index (χ4v) is 6.67. The van der Waals surface area contributed by atoms with Gasteiger partial charge in [0.25, 0.3) is 0 Å². The average Bonchev–Trinajstić information content (AvgIpc) is 3.43. The number of para-hydroxylation sites is 1. The lowest BCUT2D eigenvalue weighted by atomic mass is 9.71. The van der Waals surface area contributed by atoms with Gasteiger partial charge in [-0.2, -0.15) is 0 Å². The number of rotatable bonds is 3. The second-order valence-corrected chi connectivity index (χ2v) is 10.2. The Kier molecular flexibility index (Phi) is 4.64. The summed E-state index contributed by atoms with van der Waals surface area (Å²) in [4.78, 5) is 18.8. The molecule has 1 atom stereocenters. The standard InChI is InChI=1S/C25H27N5S/c1-18-5-4-9-25(18)10-14-29(15-11-25)24-28-17-22(23-27-13-16-30(23)24)31-21-8-12-26-20-7-3-2-6-19(20)21/h2-3,6-8,12-13,16-18H,4-5,9-11,14-15H2,1H3/t18-/m1/s1. The number of benzene rings is 1.